The number of halogens is 3. The van der Waals surface area contributed by atoms with Gasteiger partial charge in [0, 0.05) is 43.0 Å². The zero-order chi connectivity index (χ0) is 23.3. The Morgan fingerprint density at radius 3 is 2.50 bits per heavy atom. The van der Waals surface area contributed by atoms with Crippen LogP contribution < -0.4 is 10.7 Å². The summed E-state index contributed by atoms with van der Waals surface area (Å²) in [6, 6.07) is -0.00190. The maximum absolute atomic E-state index is 13.8. The summed E-state index contributed by atoms with van der Waals surface area (Å²) in [7, 11) is 0. The zero-order valence-electron chi connectivity index (χ0n) is 16.9. The third-order valence-electron chi connectivity index (χ3n) is 6.05. The second-order valence-electron chi connectivity index (χ2n) is 8.03. The van der Waals surface area contributed by atoms with Crippen molar-refractivity contribution in [2.24, 2.45) is 0 Å². The molecule has 1 aromatic heterocycles. The van der Waals surface area contributed by atoms with E-state index in [0.29, 0.717) is 25.0 Å². The first-order valence-corrected chi connectivity index (χ1v) is 9.99. The number of amides is 2. The zero-order valence-corrected chi connectivity index (χ0v) is 16.9. The highest BCUT2D eigenvalue weighted by molar-refractivity contribution is 5.99. The molecule has 0 radical (unpaired) electrons. The Kier molecular flexibility index (Phi) is 5.45. The van der Waals surface area contributed by atoms with Crippen molar-refractivity contribution < 1.29 is 33.0 Å². The Balaban J connectivity index is 1.70. The Labute approximate surface area is 179 Å². The van der Waals surface area contributed by atoms with Gasteiger partial charge >= 0.3 is 0 Å². The second kappa shape index (κ2) is 7.97. The van der Waals surface area contributed by atoms with Gasteiger partial charge in [0.1, 0.15) is 23.0 Å². The summed E-state index contributed by atoms with van der Waals surface area (Å²) in [5.41, 5.74) is -2.64. The first kappa shape index (κ1) is 21.9. The average Bonchev–Trinajstić information content (AvgIpc) is 2.85. The number of aliphatic hydroxyl groups is 1. The minimum atomic E-state index is -1.21. The van der Waals surface area contributed by atoms with Crippen LogP contribution in [0.5, 0.6) is 5.75 Å². The van der Waals surface area contributed by atoms with Crippen LogP contribution in [0.3, 0.4) is 0 Å². The second-order valence-corrected chi connectivity index (χ2v) is 8.03. The van der Waals surface area contributed by atoms with Crippen LogP contribution in [0, 0.1) is 17.5 Å². The summed E-state index contributed by atoms with van der Waals surface area (Å²) < 4.78 is 41.9. The lowest BCUT2D eigenvalue weighted by molar-refractivity contribution is 0.0503. The molecule has 1 fully saturated rings. The molecule has 3 atom stereocenters. The Bertz CT molecular complexity index is 1160. The number of hydrogen-bond donors (Lipinski definition) is 3. The van der Waals surface area contributed by atoms with Crippen molar-refractivity contribution in [2.75, 3.05) is 6.54 Å². The number of rotatable bonds is 3. The fraction of sp³-hybridized carbons (Fsp3) is 0.381. The highest BCUT2D eigenvalue weighted by Crippen LogP contribution is 2.34. The lowest BCUT2D eigenvalue weighted by Crippen LogP contribution is -2.49. The van der Waals surface area contributed by atoms with E-state index in [1.54, 1.807) is 6.92 Å². The third-order valence-corrected chi connectivity index (χ3v) is 6.05. The minimum Gasteiger partial charge on any atom is -0.503 e. The van der Waals surface area contributed by atoms with E-state index in [0.717, 1.165) is 6.20 Å². The molecule has 1 aromatic carbocycles. The van der Waals surface area contributed by atoms with Gasteiger partial charge in [-0.2, -0.15) is 0 Å². The van der Waals surface area contributed by atoms with Crippen molar-refractivity contribution in [2.45, 2.75) is 44.5 Å². The number of aromatic hydroxyl groups is 1. The van der Waals surface area contributed by atoms with Crippen LogP contribution in [-0.2, 0) is 6.54 Å². The SMILES string of the molecule is C[C@H]1CC[C@@H](O)[C@H]2CN1C(=O)c1c(O)c(=O)c(C(=O)NCc3c(F)cc(F)cc3F)cn12. The van der Waals surface area contributed by atoms with Gasteiger partial charge in [0.05, 0.1) is 12.1 Å². The number of nitrogens with zero attached hydrogens (tertiary/aromatic N) is 2. The smallest absolute Gasteiger partial charge is 0.274 e. The maximum atomic E-state index is 13.8. The van der Waals surface area contributed by atoms with Crippen LogP contribution in [-0.4, -0.2) is 50.2 Å². The lowest BCUT2D eigenvalue weighted by Gasteiger charge is -2.38. The van der Waals surface area contributed by atoms with Gasteiger partial charge in [0.2, 0.25) is 5.43 Å². The quantitative estimate of drug-likeness (QED) is 0.654. The first-order chi connectivity index (χ1) is 15.1. The molecule has 1 saturated heterocycles. The van der Waals surface area contributed by atoms with E-state index >= 15 is 0 Å². The van der Waals surface area contributed by atoms with Crippen molar-refractivity contribution in [3.05, 3.63) is 62.8 Å². The predicted molar refractivity (Wildman–Crippen MR) is 105 cm³/mol. The normalized spacial score (nSPS) is 22.3. The molecule has 3 heterocycles. The molecule has 0 spiro atoms. The molecule has 8 nitrogen and oxygen atoms in total. The Morgan fingerprint density at radius 2 is 1.84 bits per heavy atom. The lowest BCUT2D eigenvalue weighted by atomic mass is 10.0. The van der Waals surface area contributed by atoms with Gasteiger partial charge in [-0.05, 0) is 19.8 Å². The van der Waals surface area contributed by atoms with E-state index < -0.39 is 70.3 Å². The molecule has 32 heavy (non-hydrogen) atoms. The van der Waals surface area contributed by atoms with Crippen molar-refractivity contribution in [3.63, 3.8) is 0 Å². The third kappa shape index (κ3) is 3.52. The monoisotopic (exact) mass is 451 g/mol. The number of carbonyl (C=O) groups excluding carboxylic acids is 2. The largest absolute Gasteiger partial charge is 0.503 e. The van der Waals surface area contributed by atoms with E-state index in [1.807, 2.05) is 0 Å². The average molecular weight is 451 g/mol. The van der Waals surface area contributed by atoms with Gasteiger partial charge in [-0.25, -0.2) is 13.2 Å². The minimum absolute atomic E-state index is 0.129. The molecule has 11 heteroatoms. The van der Waals surface area contributed by atoms with Gasteiger partial charge in [-0.15, -0.1) is 0 Å². The van der Waals surface area contributed by atoms with Gasteiger partial charge in [-0.1, -0.05) is 0 Å². The molecule has 2 bridgehead atoms. The summed E-state index contributed by atoms with van der Waals surface area (Å²) in [6.07, 6.45) is 1.05. The van der Waals surface area contributed by atoms with Crippen LogP contribution in [0.25, 0.3) is 0 Å². The molecule has 2 aliphatic heterocycles. The number of fused-ring (bicyclic) bond motifs is 4. The molecule has 0 aliphatic carbocycles. The number of nitrogens with one attached hydrogen (secondary N) is 1. The number of aliphatic hydroxyl groups excluding tert-OH is 1. The van der Waals surface area contributed by atoms with Crippen molar-refractivity contribution in [3.8, 4) is 5.75 Å². The molecular formula is C21H20F3N3O5. The summed E-state index contributed by atoms with van der Waals surface area (Å²) in [4.78, 5) is 39.6. The van der Waals surface area contributed by atoms with E-state index in [1.165, 1.54) is 9.47 Å². The standard InChI is InChI=1S/C21H20F3N3O5/c1-9-2-3-16(28)15-8-26(9)21(32)17-19(30)18(29)12(7-27(15)17)20(31)25-6-11-13(23)4-10(22)5-14(11)24/h4-5,7,9,15-16,28,30H,2-3,6,8H2,1H3,(H,25,31)/t9-,15+,16+/m0/s1. The molecule has 4 rings (SSSR count). The fourth-order valence-corrected chi connectivity index (χ4v) is 4.22. The number of carbonyl (C=O) groups is 2. The van der Waals surface area contributed by atoms with Crippen molar-refractivity contribution in [1.29, 1.82) is 0 Å². The van der Waals surface area contributed by atoms with E-state index in [2.05, 4.69) is 5.32 Å². The molecule has 2 aromatic rings. The molecule has 170 valence electrons. The molecule has 0 saturated carbocycles. The Hall–Kier alpha value is -3.34. The number of aromatic nitrogens is 1. The fourth-order valence-electron chi connectivity index (χ4n) is 4.22. The van der Waals surface area contributed by atoms with Crippen LogP contribution in [0.15, 0.2) is 23.1 Å². The van der Waals surface area contributed by atoms with Gasteiger partial charge in [-0.3, -0.25) is 14.4 Å². The van der Waals surface area contributed by atoms with Crippen LogP contribution in [0.4, 0.5) is 13.2 Å². The van der Waals surface area contributed by atoms with Gasteiger partial charge < -0.3 is 25.0 Å². The summed E-state index contributed by atoms with van der Waals surface area (Å²) >= 11 is 0. The Morgan fingerprint density at radius 1 is 1.19 bits per heavy atom. The first-order valence-electron chi connectivity index (χ1n) is 9.99. The molecule has 3 N–H and O–H groups in total. The van der Waals surface area contributed by atoms with Crippen molar-refractivity contribution >= 4 is 11.8 Å². The van der Waals surface area contributed by atoms with E-state index in [-0.39, 0.29) is 18.3 Å². The van der Waals surface area contributed by atoms with Crippen LogP contribution in [0.2, 0.25) is 0 Å². The number of benzene rings is 1. The predicted octanol–water partition coefficient (Wildman–Crippen LogP) is 1.44. The number of pyridine rings is 1. The van der Waals surface area contributed by atoms with Crippen LogP contribution in [0.1, 0.15) is 52.2 Å². The molecule has 2 amide bonds. The molecule has 2 aliphatic rings. The topological polar surface area (TPSA) is 112 Å². The highest BCUT2D eigenvalue weighted by Gasteiger charge is 2.42. The highest BCUT2D eigenvalue weighted by atomic mass is 19.1. The van der Waals surface area contributed by atoms with Crippen LogP contribution >= 0.6 is 0 Å². The maximum Gasteiger partial charge on any atom is 0.274 e. The summed E-state index contributed by atoms with van der Waals surface area (Å²) in [5, 5.41) is 23.2. The summed E-state index contributed by atoms with van der Waals surface area (Å²) in [5.74, 6) is -6.15. The summed E-state index contributed by atoms with van der Waals surface area (Å²) in [6.45, 7) is 1.24. The van der Waals surface area contributed by atoms with Crippen molar-refractivity contribution in [1.82, 2.24) is 14.8 Å². The van der Waals surface area contributed by atoms with E-state index in [4.69, 9.17) is 0 Å². The molecule has 0 unspecified atom stereocenters. The van der Waals surface area contributed by atoms with Gasteiger partial charge in [0.15, 0.2) is 11.4 Å². The van der Waals surface area contributed by atoms with Gasteiger partial charge in [0.25, 0.3) is 11.8 Å². The number of hydrogen-bond acceptors (Lipinski definition) is 5. The molecular weight excluding hydrogens is 431 g/mol. The van der Waals surface area contributed by atoms with E-state index in [9.17, 15) is 37.8 Å².